The first kappa shape index (κ1) is 14.8. The van der Waals surface area contributed by atoms with Crippen molar-refractivity contribution in [1.82, 2.24) is 10.2 Å². The van der Waals surface area contributed by atoms with Crippen LogP contribution in [0.3, 0.4) is 0 Å². The van der Waals surface area contributed by atoms with E-state index in [1.54, 1.807) is 0 Å². The van der Waals surface area contributed by atoms with Crippen LogP contribution in [0.1, 0.15) is 51.4 Å². The van der Waals surface area contributed by atoms with E-state index in [9.17, 15) is 0 Å². The average Bonchev–Trinajstić information content (AvgIpc) is 3.18. The first-order valence-electron chi connectivity index (χ1n) is 8.75. The molecule has 3 heteroatoms. The normalized spacial score (nSPS) is 30.0. The minimum Gasteiger partial charge on any atom is -0.381 e. The summed E-state index contributed by atoms with van der Waals surface area (Å²) in [4.78, 5) is 2.60. The zero-order valence-corrected chi connectivity index (χ0v) is 13.2. The largest absolute Gasteiger partial charge is 0.381 e. The van der Waals surface area contributed by atoms with E-state index in [1.807, 2.05) is 0 Å². The molecular formula is C17H32N2O. The van der Waals surface area contributed by atoms with Gasteiger partial charge in [-0.3, -0.25) is 0 Å². The monoisotopic (exact) mass is 280 g/mol. The summed E-state index contributed by atoms with van der Waals surface area (Å²) >= 11 is 0. The highest BCUT2D eigenvalue weighted by molar-refractivity contribution is 4.92. The van der Waals surface area contributed by atoms with Crippen LogP contribution in [0.4, 0.5) is 0 Å². The van der Waals surface area contributed by atoms with Crippen molar-refractivity contribution < 1.29 is 4.74 Å². The summed E-state index contributed by atoms with van der Waals surface area (Å²) in [7, 11) is 2.33. The van der Waals surface area contributed by atoms with Crippen LogP contribution >= 0.6 is 0 Å². The lowest BCUT2D eigenvalue weighted by atomic mass is 9.85. The maximum absolute atomic E-state index is 5.63. The Bertz CT molecular complexity index is 291. The number of nitrogens with one attached hydrogen (secondary N) is 1. The zero-order chi connectivity index (χ0) is 13.8. The van der Waals surface area contributed by atoms with Gasteiger partial charge in [0.2, 0.25) is 0 Å². The van der Waals surface area contributed by atoms with Crippen LogP contribution in [0.15, 0.2) is 0 Å². The quantitative estimate of drug-likeness (QED) is 0.776. The third-order valence-corrected chi connectivity index (χ3v) is 5.44. The lowest BCUT2D eigenvalue weighted by molar-refractivity contribution is 0.0355. The summed E-state index contributed by atoms with van der Waals surface area (Å²) in [5.41, 5.74) is 0.562. The molecule has 0 radical (unpaired) electrons. The molecular weight excluding hydrogens is 248 g/mol. The first-order valence-corrected chi connectivity index (χ1v) is 8.75. The Kier molecular flexibility index (Phi) is 5.00. The maximum Gasteiger partial charge on any atom is 0.0506 e. The number of ether oxygens (including phenoxy) is 1. The zero-order valence-electron chi connectivity index (χ0n) is 13.2. The third-order valence-electron chi connectivity index (χ3n) is 5.44. The predicted molar refractivity (Wildman–Crippen MR) is 83.0 cm³/mol. The first-order chi connectivity index (χ1) is 9.76. The highest BCUT2D eigenvalue weighted by atomic mass is 16.5. The molecule has 0 aromatic carbocycles. The second-order valence-electron chi connectivity index (χ2n) is 7.64. The predicted octanol–water partition coefficient (Wildman–Crippen LogP) is 2.66. The van der Waals surface area contributed by atoms with E-state index in [2.05, 4.69) is 17.3 Å². The van der Waals surface area contributed by atoms with Gasteiger partial charge in [0.25, 0.3) is 0 Å². The fourth-order valence-corrected chi connectivity index (χ4v) is 4.19. The molecule has 1 saturated heterocycles. The molecule has 1 N–H and O–H groups in total. The average molecular weight is 280 g/mol. The molecule has 3 nitrogen and oxygen atoms in total. The lowest BCUT2D eigenvalue weighted by Gasteiger charge is -2.36. The van der Waals surface area contributed by atoms with Gasteiger partial charge in [0.05, 0.1) is 6.61 Å². The van der Waals surface area contributed by atoms with Crippen molar-refractivity contribution in [2.45, 2.75) is 57.4 Å². The van der Waals surface area contributed by atoms with Crippen molar-refractivity contribution in [2.75, 3.05) is 39.9 Å². The van der Waals surface area contributed by atoms with Gasteiger partial charge in [-0.15, -0.1) is 0 Å². The van der Waals surface area contributed by atoms with E-state index in [4.69, 9.17) is 4.74 Å². The number of nitrogens with zero attached hydrogens (tertiary/aromatic N) is 1. The van der Waals surface area contributed by atoms with Gasteiger partial charge in [0, 0.05) is 32.3 Å². The Morgan fingerprint density at radius 3 is 2.60 bits per heavy atom. The fraction of sp³-hybridized carbons (Fsp3) is 1.00. The van der Waals surface area contributed by atoms with Gasteiger partial charge in [-0.05, 0) is 56.9 Å². The van der Waals surface area contributed by atoms with E-state index in [-0.39, 0.29) is 0 Å². The highest BCUT2D eigenvalue weighted by Gasteiger charge is 2.36. The summed E-state index contributed by atoms with van der Waals surface area (Å²) in [6, 6.07) is 0.851. The van der Waals surface area contributed by atoms with Crippen molar-refractivity contribution in [3.8, 4) is 0 Å². The van der Waals surface area contributed by atoms with E-state index in [0.717, 1.165) is 25.2 Å². The molecule has 0 aromatic heterocycles. The Morgan fingerprint density at radius 1 is 1.15 bits per heavy atom. The van der Waals surface area contributed by atoms with Gasteiger partial charge in [0.1, 0.15) is 0 Å². The molecule has 0 bridgehead atoms. The molecule has 3 fully saturated rings. The molecule has 0 amide bonds. The molecule has 0 spiro atoms. The molecule has 2 aliphatic carbocycles. The summed E-state index contributed by atoms with van der Waals surface area (Å²) in [5.74, 6) is 0.767. The SMILES string of the molecule is CN(CC1CCCOC1)CC1(CNC2CC2)CCCC1. The standard InChI is InChI=1S/C17H32N2O/c1-19(11-15-5-4-10-20-12-15)14-17(8-2-3-9-17)13-18-16-6-7-16/h15-16,18H,2-14H2,1H3. The van der Waals surface area contributed by atoms with Gasteiger partial charge in [-0.2, -0.15) is 0 Å². The van der Waals surface area contributed by atoms with Crippen LogP contribution < -0.4 is 5.32 Å². The Balaban J connectivity index is 1.46. The highest BCUT2D eigenvalue weighted by Crippen LogP contribution is 2.39. The van der Waals surface area contributed by atoms with Crippen molar-refractivity contribution >= 4 is 0 Å². The number of hydrogen-bond donors (Lipinski definition) is 1. The summed E-state index contributed by atoms with van der Waals surface area (Å²) in [6.45, 7) is 5.73. The van der Waals surface area contributed by atoms with Crippen LogP contribution in [0, 0.1) is 11.3 Å². The van der Waals surface area contributed by atoms with Crippen LogP contribution in [-0.4, -0.2) is 50.8 Å². The molecule has 1 unspecified atom stereocenters. The van der Waals surface area contributed by atoms with Gasteiger partial charge in [-0.25, -0.2) is 0 Å². The molecule has 2 saturated carbocycles. The van der Waals surface area contributed by atoms with Crippen molar-refractivity contribution in [2.24, 2.45) is 11.3 Å². The second-order valence-corrected chi connectivity index (χ2v) is 7.64. The molecule has 0 aromatic rings. The van der Waals surface area contributed by atoms with Crippen LogP contribution in [0.25, 0.3) is 0 Å². The van der Waals surface area contributed by atoms with E-state index in [1.165, 1.54) is 71.0 Å². The van der Waals surface area contributed by atoms with Crippen LogP contribution in [-0.2, 0) is 4.74 Å². The topological polar surface area (TPSA) is 24.5 Å². The molecule has 1 heterocycles. The van der Waals surface area contributed by atoms with Crippen LogP contribution in [0.2, 0.25) is 0 Å². The number of rotatable bonds is 7. The van der Waals surface area contributed by atoms with Gasteiger partial charge >= 0.3 is 0 Å². The van der Waals surface area contributed by atoms with Crippen LogP contribution in [0.5, 0.6) is 0 Å². The van der Waals surface area contributed by atoms with Gasteiger partial charge in [-0.1, -0.05) is 12.8 Å². The second kappa shape index (κ2) is 6.76. The summed E-state index contributed by atoms with van der Waals surface area (Å²) < 4.78 is 5.63. The van der Waals surface area contributed by atoms with E-state index in [0.29, 0.717) is 5.41 Å². The molecule has 3 rings (SSSR count). The van der Waals surface area contributed by atoms with E-state index >= 15 is 0 Å². The van der Waals surface area contributed by atoms with Gasteiger partial charge < -0.3 is 15.0 Å². The minimum atomic E-state index is 0.562. The summed E-state index contributed by atoms with van der Waals surface area (Å²) in [6.07, 6.45) is 11.2. The van der Waals surface area contributed by atoms with Crippen molar-refractivity contribution in [3.63, 3.8) is 0 Å². The van der Waals surface area contributed by atoms with Crippen molar-refractivity contribution in [1.29, 1.82) is 0 Å². The minimum absolute atomic E-state index is 0.562. The Morgan fingerprint density at radius 2 is 1.95 bits per heavy atom. The molecule has 116 valence electrons. The fourth-order valence-electron chi connectivity index (χ4n) is 4.19. The van der Waals surface area contributed by atoms with Gasteiger partial charge in [0.15, 0.2) is 0 Å². The molecule has 20 heavy (non-hydrogen) atoms. The van der Waals surface area contributed by atoms with E-state index < -0.39 is 0 Å². The molecule has 1 atom stereocenters. The van der Waals surface area contributed by atoms with Crippen molar-refractivity contribution in [3.05, 3.63) is 0 Å². The Labute approximate surface area is 124 Å². The molecule has 3 aliphatic rings. The Hall–Kier alpha value is -0.120. The maximum atomic E-state index is 5.63. The molecule has 1 aliphatic heterocycles. The number of hydrogen-bond acceptors (Lipinski definition) is 3. The smallest absolute Gasteiger partial charge is 0.0506 e. The lowest BCUT2D eigenvalue weighted by Crippen LogP contribution is -2.43. The third kappa shape index (κ3) is 4.19. The summed E-state index contributed by atoms with van der Waals surface area (Å²) in [5, 5.41) is 3.80.